The molecule has 2 aliphatic rings. The van der Waals surface area contributed by atoms with Crippen LogP contribution in [0.4, 0.5) is 4.79 Å². The van der Waals surface area contributed by atoms with Crippen LogP contribution in [0, 0.1) is 11.8 Å². The zero-order valence-electron chi connectivity index (χ0n) is 19.3. The van der Waals surface area contributed by atoms with Crippen molar-refractivity contribution in [1.29, 1.82) is 0 Å². The minimum absolute atomic E-state index is 0.0143. The van der Waals surface area contributed by atoms with Crippen LogP contribution in [0.2, 0.25) is 0 Å². The third-order valence-electron chi connectivity index (χ3n) is 6.95. The van der Waals surface area contributed by atoms with Crippen LogP contribution in [0.25, 0.3) is 0 Å². The number of nitrogens with two attached hydrogens (primary N) is 1. The molecule has 8 nitrogen and oxygen atoms in total. The second-order valence-electron chi connectivity index (χ2n) is 9.26. The molecule has 3 unspecified atom stereocenters. The second kappa shape index (κ2) is 11.8. The van der Waals surface area contributed by atoms with Crippen molar-refractivity contribution >= 4 is 24.2 Å². The Morgan fingerprint density at radius 3 is 2.48 bits per heavy atom. The maximum atomic E-state index is 13.0. The van der Waals surface area contributed by atoms with Crippen molar-refractivity contribution in [3.8, 4) is 0 Å². The van der Waals surface area contributed by atoms with Crippen molar-refractivity contribution in [2.24, 2.45) is 17.6 Å². The van der Waals surface area contributed by atoms with Gasteiger partial charge in [0.25, 0.3) is 5.91 Å². The van der Waals surface area contributed by atoms with Gasteiger partial charge in [0, 0.05) is 12.5 Å². The molecule has 1 aliphatic carbocycles. The van der Waals surface area contributed by atoms with Crippen LogP contribution in [0.1, 0.15) is 69.9 Å². The summed E-state index contributed by atoms with van der Waals surface area (Å²) in [4.78, 5) is 50.8. The summed E-state index contributed by atoms with van der Waals surface area (Å²) >= 11 is 0. The topological polar surface area (TPSA) is 119 Å². The van der Waals surface area contributed by atoms with E-state index in [0.29, 0.717) is 25.7 Å². The molecule has 1 aromatic carbocycles. The number of hydrogen-bond donors (Lipinski definition) is 2. The van der Waals surface area contributed by atoms with Gasteiger partial charge in [-0.15, -0.1) is 0 Å². The summed E-state index contributed by atoms with van der Waals surface area (Å²) in [5.74, 6) is -0.607. The molecule has 3 amide bonds. The van der Waals surface area contributed by atoms with E-state index in [-0.39, 0.29) is 30.2 Å². The number of amides is 3. The number of primary amides is 1. The molecule has 1 heterocycles. The van der Waals surface area contributed by atoms with Crippen LogP contribution in [0.3, 0.4) is 0 Å². The Bertz CT molecular complexity index is 825. The number of hydrogen-bond acceptors (Lipinski definition) is 5. The molecule has 0 aromatic heterocycles. The quantitative estimate of drug-likeness (QED) is 0.523. The molecule has 0 radical (unpaired) electrons. The smallest absolute Gasteiger partial charge is 0.405 e. The molecular weight excluding hydrogens is 422 g/mol. The Labute approximate surface area is 195 Å². The lowest BCUT2D eigenvalue weighted by molar-refractivity contribution is -0.135. The highest BCUT2D eigenvalue weighted by Gasteiger charge is 2.37. The number of nitrogens with one attached hydrogen (secondary N) is 1. The molecule has 8 heteroatoms. The summed E-state index contributed by atoms with van der Waals surface area (Å²) in [6.07, 6.45) is 5.17. The van der Waals surface area contributed by atoms with E-state index < -0.39 is 24.1 Å². The lowest BCUT2D eigenvalue weighted by Gasteiger charge is -2.27. The predicted octanol–water partition coefficient (Wildman–Crippen LogP) is 3.10. The minimum atomic E-state index is -1.03. The van der Waals surface area contributed by atoms with Gasteiger partial charge in [-0.05, 0) is 37.7 Å². The van der Waals surface area contributed by atoms with Crippen LogP contribution in [-0.4, -0.2) is 47.8 Å². The van der Waals surface area contributed by atoms with E-state index in [4.69, 9.17) is 10.5 Å². The van der Waals surface area contributed by atoms with Gasteiger partial charge < -0.3 is 25.5 Å². The van der Waals surface area contributed by atoms with Gasteiger partial charge in [-0.3, -0.25) is 9.59 Å². The van der Waals surface area contributed by atoms with Crippen molar-refractivity contribution in [3.63, 3.8) is 0 Å². The van der Waals surface area contributed by atoms with Crippen molar-refractivity contribution in [2.75, 3.05) is 6.54 Å². The molecular formula is C25H35N3O5. The van der Waals surface area contributed by atoms with Gasteiger partial charge in [-0.1, -0.05) is 62.4 Å². The Morgan fingerprint density at radius 1 is 1.15 bits per heavy atom. The molecule has 1 saturated carbocycles. The first-order valence-electron chi connectivity index (χ1n) is 12.0. The Morgan fingerprint density at radius 2 is 1.85 bits per heavy atom. The van der Waals surface area contributed by atoms with E-state index in [2.05, 4.69) is 5.32 Å². The van der Waals surface area contributed by atoms with Gasteiger partial charge in [-0.25, -0.2) is 4.79 Å². The molecule has 3 N–H and O–H groups in total. The molecule has 4 atom stereocenters. The third kappa shape index (κ3) is 6.79. The summed E-state index contributed by atoms with van der Waals surface area (Å²) in [6.45, 7) is 2.60. The third-order valence-corrected chi connectivity index (χ3v) is 6.95. The monoisotopic (exact) mass is 457 g/mol. The summed E-state index contributed by atoms with van der Waals surface area (Å²) in [5.41, 5.74) is 6.24. The van der Waals surface area contributed by atoms with Crippen molar-refractivity contribution < 1.29 is 23.9 Å². The largest absolute Gasteiger partial charge is 0.436 e. The van der Waals surface area contributed by atoms with Gasteiger partial charge in [0.1, 0.15) is 6.29 Å². The summed E-state index contributed by atoms with van der Waals surface area (Å²) in [6, 6.07) is 8.92. The fourth-order valence-corrected chi connectivity index (χ4v) is 5.08. The van der Waals surface area contributed by atoms with E-state index in [1.165, 1.54) is 6.42 Å². The Hall–Kier alpha value is -2.90. The molecule has 1 saturated heterocycles. The first-order chi connectivity index (χ1) is 15.9. The molecule has 33 heavy (non-hydrogen) atoms. The average molecular weight is 458 g/mol. The highest BCUT2D eigenvalue weighted by molar-refractivity contribution is 5.86. The van der Waals surface area contributed by atoms with E-state index in [9.17, 15) is 19.2 Å². The average Bonchev–Trinajstić information content (AvgIpc) is 3.18. The summed E-state index contributed by atoms with van der Waals surface area (Å²) in [5, 5.41) is 2.67. The van der Waals surface area contributed by atoms with Gasteiger partial charge in [0.15, 0.2) is 6.10 Å². The van der Waals surface area contributed by atoms with E-state index >= 15 is 0 Å². The van der Waals surface area contributed by atoms with Crippen LogP contribution >= 0.6 is 0 Å². The number of likely N-dealkylation sites (tertiary alicyclic amines) is 1. The second-order valence-corrected chi connectivity index (χ2v) is 9.26. The Kier molecular flexibility index (Phi) is 8.86. The molecule has 3 rings (SSSR count). The van der Waals surface area contributed by atoms with Gasteiger partial charge in [0.2, 0.25) is 5.91 Å². The number of rotatable bonds is 10. The lowest BCUT2D eigenvalue weighted by Crippen LogP contribution is -2.46. The van der Waals surface area contributed by atoms with Gasteiger partial charge in [0.05, 0.1) is 12.1 Å². The Balaban J connectivity index is 1.57. The molecule has 0 bridgehead atoms. The van der Waals surface area contributed by atoms with E-state index in [1.807, 2.05) is 42.2 Å². The van der Waals surface area contributed by atoms with Gasteiger partial charge >= 0.3 is 6.09 Å². The summed E-state index contributed by atoms with van der Waals surface area (Å²) < 4.78 is 5.08. The van der Waals surface area contributed by atoms with Crippen LogP contribution in [-0.2, 0) is 19.1 Å². The fourth-order valence-electron chi connectivity index (χ4n) is 5.08. The van der Waals surface area contributed by atoms with Crippen molar-refractivity contribution in [1.82, 2.24) is 10.2 Å². The molecule has 1 aliphatic heterocycles. The zero-order chi connectivity index (χ0) is 23.8. The van der Waals surface area contributed by atoms with Crippen LogP contribution in [0.5, 0.6) is 0 Å². The van der Waals surface area contributed by atoms with Crippen LogP contribution < -0.4 is 11.1 Å². The molecule has 1 aromatic rings. The van der Waals surface area contributed by atoms with Crippen molar-refractivity contribution in [2.45, 2.75) is 76.5 Å². The summed E-state index contributed by atoms with van der Waals surface area (Å²) in [7, 11) is 0. The number of carbonyl (C=O) groups excluding carboxylic acids is 4. The number of nitrogens with zero attached hydrogens (tertiary/aromatic N) is 1. The first kappa shape index (κ1) is 24.7. The van der Waals surface area contributed by atoms with E-state index in [1.54, 1.807) is 0 Å². The number of ether oxygens (including phenoxy) is 1. The van der Waals surface area contributed by atoms with Crippen molar-refractivity contribution in [3.05, 3.63) is 35.9 Å². The van der Waals surface area contributed by atoms with Gasteiger partial charge in [-0.2, -0.15) is 0 Å². The normalized spacial score (nSPS) is 21.8. The SMILES string of the molecule is CC(c1ccccc1)N1CCC(CC(C=O)NC(=O)[C@H](CC2CCCCC2)OC(N)=O)C1=O. The standard InChI is InChI=1S/C25H35N3O5/c1-17(19-10-6-3-7-11-19)28-13-12-20(24(28)31)15-21(16-29)27-23(30)22(33-25(26)32)14-18-8-4-2-5-9-18/h3,6-7,10-11,16-18,20-22H,2,4-5,8-9,12-15H2,1H3,(H2,26,32)(H,27,30)/t17?,20?,21?,22-/m0/s1. The maximum absolute atomic E-state index is 13.0. The maximum Gasteiger partial charge on any atom is 0.405 e. The number of benzene rings is 1. The van der Waals surface area contributed by atoms with Crippen LogP contribution in [0.15, 0.2) is 30.3 Å². The van der Waals surface area contributed by atoms with E-state index in [0.717, 1.165) is 31.2 Å². The molecule has 2 fully saturated rings. The predicted molar refractivity (Wildman–Crippen MR) is 123 cm³/mol. The number of aldehydes is 1. The fraction of sp³-hybridized carbons (Fsp3) is 0.600. The number of carbonyl (C=O) groups is 4. The zero-order valence-corrected chi connectivity index (χ0v) is 19.3. The minimum Gasteiger partial charge on any atom is -0.436 e. The molecule has 180 valence electrons. The highest BCUT2D eigenvalue weighted by atomic mass is 16.6. The molecule has 0 spiro atoms. The lowest BCUT2D eigenvalue weighted by atomic mass is 9.85. The highest BCUT2D eigenvalue weighted by Crippen LogP contribution is 2.31. The first-order valence-corrected chi connectivity index (χ1v) is 12.0.